The van der Waals surface area contributed by atoms with E-state index in [-0.39, 0.29) is 18.9 Å². The molecule has 5 aromatic rings. The van der Waals surface area contributed by atoms with E-state index >= 15 is 0 Å². The number of amides is 1. The number of nitrogens with zero attached hydrogens (tertiary/aromatic N) is 1. The van der Waals surface area contributed by atoms with Crippen molar-refractivity contribution in [1.29, 1.82) is 0 Å². The first kappa shape index (κ1) is 29.7. The first-order valence-electron chi connectivity index (χ1n) is 14.9. The summed E-state index contributed by atoms with van der Waals surface area (Å²) in [5.41, 5.74) is 6.59. The molecule has 6 rings (SSSR count). The highest BCUT2D eigenvalue weighted by Gasteiger charge is 2.30. The molecular formula is C37H34N2O6. The number of alkyl carbamates (subject to hydrolysis) is 1. The fraction of sp³-hybridized carbons (Fsp3) is 0.216. The van der Waals surface area contributed by atoms with Gasteiger partial charge in [0.1, 0.15) is 18.2 Å². The second-order valence-corrected chi connectivity index (χ2v) is 12.2. The lowest BCUT2D eigenvalue weighted by Gasteiger charge is -2.20. The van der Waals surface area contributed by atoms with Crippen LogP contribution >= 0.6 is 0 Å². The summed E-state index contributed by atoms with van der Waals surface area (Å²) in [6, 6.07) is 30.1. The van der Waals surface area contributed by atoms with Crippen molar-refractivity contribution in [3.05, 3.63) is 120 Å². The zero-order valence-corrected chi connectivity index (χ0v) is 25.3. The lowest BCUT2D eigenvalue weighted by molar-refractivity contribution is -0.139. The molecule has 4 aromatic carbocycles. The third-order valence-electron chi connectivity index (χ3n) is 7.94. The summed E-state index contributed by atoms with van der Waals surface area (Å²) in [6.45, 7) is 5.41. The molecule has 1 aromatic heterocycles. The van der Waals surface area contributed by atoms with Gasteiger partial charge in [0.2, 0.25) is 0 Å². The Balaban J connectivity index is 1.24. The van der Waals surface area contributed by atoms with E-state index < -0.39 is 29.8 Å². The quantitative estimate of drug-likeness (QED) is 0.198. The Morgan fingerprint density at radius 2 is 1.47 bits per heavy atom. The van der Waals surface area contributed by atoms with Gasteiger partial charge >= 0.3 is 18.2 Å². The molecule has 1 heterocycles. The molecule has 8 heteroatoms. The number of carbonyl (C=O) groups excluding carboxylic acids is 2. The molecule has 1 amide bonds. The Morgan fingerprint density at radius 3 is 2.09 bits per heavy atom. The maximum Gasteiger partial charge on any atom is 0.419 e. The second kappa shape index (κ2) is 12.0. The van der Waals surface area contributed by atoms with Crippen LogP contribution in [0.3, 0.4) is 0 Å². The van der Waals surface area contributed by atoms with Crippen molar-refractivity contribution in [2.75, 3.05) is 6.61 Å². The Bertz CT molecular complexity index is 1860. The molecule has 0 spiro atoms. The van der Waals surface area contributed by atoms with Crippen molar-refractivity contribution in [3.63, 3.8) is 0 Å². The van der Waals surface area contributed by atoms with E-state index in [0.717, 1.165) is 33.4 Å². The van der Waals surface area contributed by atoms with Crippen molar-refractivity contribution >= 4 is 29.1 Å². The van der Waals surface area contributed by atoms with E-state index in [0.29, 0.717) is 16.5 Å². The summed E-state index contributed by atoms with van der Waals surface area (Å²) >= 11 is 0. The van der Waals surface area contributed by atoms with E-state index in [1.54, 1.807) is 27.0 Å². The van der Waals surface area contributed by atoms with Crippen LogP contribution in [0.25, 0.3) is 33.2 Å². The van der Waals surface area contributed by atoms with E-state index in [9.17, 15) is 19.5 Å². The van der Waals surface area contributed by atoms with Crippen LogP contribution in [-0.4, -0.2) is 46.1 Å². The Morgan fingerprint density at radius 1 is 0.844 bits per heavy atom. The van der Waals surface area contributed by atoms with Gasteiger partial charge in [-0.2, -0.15) is 0 Å². The average molecular weight is 603 g/mol. The van der Waals surface area contributed by atoms with Gasteiger partial charge in [0.05, 0.1) is 5.52 Å². The van der Waals surface area contributed by atoms with Crippen molar-refractivity contribution in [3.8, 4) is 22.3 Å². The van der Waals surface area contributed by atoms with Crippen LogP contribution in [-0.2, 0) is 20.7 Å². The van der Waals surface area contributed by atoms with E-state index in [1.165, 1.54) is 4.57 Å². The molecule has 1 aliphatic carbocycles. The SMILES string of the molecule is CC(C)(C)OC(=O)n1cc(C[C@H](NC(=O)OCC2c3ccccc3-c3ccccc32)C(=O)O)c2ccc(-c3ccccc3)cc21. The average Bonchev–Trinajstić information content (AvgIpc) is 3.54. The molecule has 0 unspecified atom stereocenters. The van der Waals surface area contributed by atoms with Crippen LogP contribution in [0, 0.1) is 0 Å². The van der Waals surface area contributed by atoms with Gasteiger partial charge in [-0.1, -0.05) is 91.0 Å². The summed E-state index contributed by atoms with van der Waals surface area (Å²) < 4.78 is 12.7. The van der Waals surface area contributed by atoms with Crippen LogP contribution < -0.4 is 5.32 Å². The first-order chi connectivity index (χ1) is 21.6. The summed E-state index contributed by atoms with van der Waals surface area (Å²) in [5, 5.41) is 13.3. The molecule has 45 heavy (non-hydrogen) atoms. The lowest BCUT2D eigenvalue weighted by Crippen LogP contribution is -2.42. The van der Waals surface area contributed by atoms with Crippen LogP contribution in [0.5, 0.6) is 0 Å². The summed E-state index contributed by atoms with van der Waals surface area (Å²) in [7, 11) is 0. The summed E-state index contributed by atoms with van der Waals surface area (Å²) in [5.74, 6) is -1.38. The topological polar surface area (TPSA) is 107 Å². The number of benzene rings is 4. The minimum atomic E-state index is -1.30. The van der Waals surface area contributed by atoms with Crippen LogP contribution in [0.1, 0.15) is 43.4 Å². The number of fused-ring (bicyclic) bond motifs is 4. The van der Waals surface area contributed by atoms with Gasteiger partial charge in [-0.25, -0.2) is 14.4 Å². The number of rotatable bonds is 7. The van der Waals surface area contributed by atoms with Gasteiger partial charge in [-0.3, -0.25) is 4.57 Å². The molecular weight excluding hydrogens is 568 g/mol. The molecule has 0 bridgehead atoms. The smallest absolute Gasteiger partial charge is 0.419 e. The van der Waals surface area contributed by atoms with E-state index in [4.69, 9.17) is 9.47 Å². The van der Waals surface area contributed by atoms with Gasteiger partial charge in [-0.15, -0.1) is 0 Å². The van der Waals surface area contributed by atoms with E-state index in [1.807, 2.05) is 97.1 Å². The normalized spacial score (nSPS) is 13.1. The predicted octanol–water partition coefficient (Wildman–Crippen LogP) is 7.63. The molecule has 0 radical (unpaired) electrons. The van der Waals surface area contributed by atoms with Gasteiger partial charge in [-0.05, 0) is 65.8 Å². The number of ether oxygens (including phenoxy) is 2. The highest BCUT2D eigenvalue weighted by atomic mass is 16.6. The lowest BCUT2D eigenvalue weighted by atomic mass is 9.98. The number of aliphatic carboxylic acids is 1. The predicted molar refractivity (Wildman–Crippen MR) is 172 cm³/mol. The number of carboxylic acids is 1. The monoisotopic (exact) mass is 602 g/mol. The number of nitrogens with one attached hydrogen (secondary N) is 1. The number of carbonyl (C=O) groups is 3. The van der Waals surface area contributed by atoms with Crippen LogP contribution in [0.2, 0.25) is 0 Å². The molecule has 1 aliphatic rings. The summed E-state index contributed by atoms with van der Waals surface area (Å²) in [6.07, 6.45) is 0.103. The fourth-order valence-corrected chi connectivity index (χ4v) is 5.93. The van der Waals surface area contributed by atoms with Gasteiger partial charge in [0.15, 0.2) is 0 Å². The number of carboxylic acid groups (broad SMARTS) is 1. The zero-order chi connectivity index (χ0) is 31.7. The molecule has 8 nitrogen and oxygen atoms in total. The minimum absolute atomic E-state index is 0.0619. The third kappa shape index (κ3) is 6.17. The van der Waals surface area contributed by atoms with Gasteiger partial charge in [0.25, 0.3) is 0 Å². The van der Waals surface area contributed by atoms with Crippen LogP contribution in [0.4, 0.5) is 9.59 Å². The van der Waals surface area contributed by atoms with Gasteiger partial charge < -0.3 is 19.9 Å². The zero-order valence-electron chi connectivity index (χ0n) is 25.3. The minimum Gasteiger partial charge on any atom is -0.480 e. The molecule has 2 N–H and O–H groups in total. The molecule has 0 aliphatic heterocycles. The standard InChI is InChI=1S/C37H34N2O6/c1-37(2,3)45-36(43)39-21-25(26-18-17-24(20-33(26)39)23-11-5-4-6-12-23)19-32(34(40)41)38-35(42)44-22-31-29-15-9-7-13-27(29)28-14-8-10-16-30(28)31/h4-18,20-21,31-32H,19,22H2,1-3H3,(H,38,42)(H,40,41)/t32-/m0/s1. The van der Waals surface area contributed by atoms with E-state index in [2.05, 4.69) is 5.32 Å². The number of hydrogen-bond donors (Lipinski definition) is 2. The van der Waals surface area contributed by atoms with Crippen LogP contribution in [0.15, 0.2) is 103 Å². The maximum absolute atomic E-state index is 13.3. The van der Waals surface area contributed by atoms with Crippen molar-refractivity contribution in [2.24, 2.45) is 0 Å². The van der Waals surface area contributed by atoms with Gasteiger partial charge in [0, 0.05) is 23.9 Å². The largest absolute Gasteiger partial charge is 0.480 e. The molecule has 0 saturated carbocycles. The highest BCUT2D eigenvalue weighted by Crippen LogP contribution is 2.44. The molecule has 0 saturated heterocycles. The molecule has 0 fully saturated rings. The Kier molecular flexibility index (Phi) is 7.89. The van der Waals surface area contributed by atoms with Crippen molar-refractivity contribution in [2.45, 2.75) is 44.8 Å². The van der Waals surface area contributed by atoms with Crippen molar-refractivity contribution in [1.82, 2.24) is 9.88 Å². The molecule has 228 valence electrons. The highest BCUT2D eigenvalue weighted by molar-refractivity contribution is 5.95. The Hall–Kier alpha value is -5.37. The molecule has 1 atom stereocenters. The maximum atomic E-state index is 13.3. The number of hydrogen-bond acceptors (Lipinski definition) is 5. The fourth-order valence-electron chi connectivity index (χ4n) is 5.93. The third-order valence-corrected chi connectivity index (χ3v) is 7.94. The Labute approximate surface area is 261 Å². The summed E-state index contributed by atoms with van der Waals surface area (Å²) in [4.78, 5) is 38.6. The number of aromatic nitrogens is 1. The van der Waals surface area contributed by atoms with Crippen molar-refractivity contribution < 1.29 is 29.0 Å². The second-order valence-electron chi connectivity index (χ2n) is 12.2. The first-order valence-corrected chi connectivity index (χ1v) is 14.9.